The number of rotatable bonds is 4. The van der Waals surface area contributed by atoms with Crippen molar-refractivity contribution in [3.05, 3.63) is 29.8 Å². The van der Waals surface area contributed by atoms with E-state index in [0.717, 1.165) is 15.6 Å². The molecule has 0 aromatic carbocycles. The van der Waals surface area contributed by atoms with Gasteiger partial charge in [-0.2, -0.15) is 0 Å². The van der Waals surface area contributed by atoms with E-state index in [1.807, 2.05) is 6.07 Å². The van der Waals surface area contributed by atoms with Gasteiger partial charge in [0.15, 0.2) is 0 Å². The Kier molecular flexibility index (Phi) is 3.77. The summed E-state index contributed by atoms with van der Waals surface area (Å²) in [6.45, 7) is 0. The molecule has 0 spiro atoms. The van der Waals surface area contributed by atoms with Crippen molar-refractivity contribution in [2.75, 3.05) is 7.05 Å². The van der Waals surface area contributed by atoms with Crippen molar-refractivity contribution in [3.63, 3.8) is 0 Å². The topological polar surface area (TPSA) is 67.8 Å². The summed E-state index contributed by atoms with van der Waals surface area (Å²) in [5.41, 5.74) is 0.865. The van der Waals surface area contributed by atoms with Crippen LogP contribution in [-0.2, 0) is 11.2 Å². The van der Waals surface area contributed by atoms with Crippen molar-refractivity contribution < 1.29 is 4.79 Å². The van der Waals surface area contributed by atoms with E-state index in [1.165, 1.54) is 6.33 Å². The van der Waals surface area contributed by atoms with Crippen LogP contribution in [0.2, 0.25) is 0 Å². The molecule has 0 atom stereocenters. The zero-order valence-electron chi connectivity index (χ0n) is 9.38. The number of hydrogen-bond acceptors (Lipinski definition) is 5. The molecule has 0 aliphatic heterocycles. The van der Waals surface area contributed by atoms with Gasteiger partial charge in [-0.05, 0) is 6.07 Å². The molecule has 2 heterocycles. The largest absolute Gasteiger partial charge is 0.359 e. The smallest absolute Gasteiger partial charge is 0.220 e. The number of carbonyl (C=O) groups is 1. The molecule has 0 bridgehead atoms. The van der Waals surface area contributed by atoms with E-state index in [2.05, 4.69) is 20.3 Å². The highest BCUT2D eigenvalue weighted by Gasteiger charge is 2.07. The summed E-state index contributed by atoms with van der Waals surface area (Å²) in [4.78, 5) is 24.4. The first-order chi connectivity index (χ1) is 8.29. The van der Waals surface area contributed by atoms with Gasteiger partial charge in [0.2, 0.25) is 5.91 Å². The number of aryl methyl sites for hydroxylation is 1. The van der Waals surface area contributed by atoms with Crippen LogP contribution in [0, 0.1) is 0 Å². The normalized spacial score (nSPS) is 10.2. The maximum Gasteiger partial charge on any atom is 0.220 e. The highest BCUT2D eigenvalue weighted by molar-refractivity contribution is 7.15. The molecule has 0 saturated carbocycles. The molecular formula is C11H12N4OS. The minimum absolute atomic E-state index is 0.0313. The zero-order valence-corrected chi connectivity index (χ0v) is 10.2. The summed E-state index contributed by atoms with van der Waals surface area (Å²) in [7, 11) is 1.64. The standard InChI is InChI=1S/C11H12N4OS/c1-12-10(16)2-3-11-14-6-9(17-11)8-4-5-13-7-15-8/h4-7H,2-3H2,1H3,(H,12,16). The van der Waals surface area contributed by atoms with Crippen LogP contribution < -0.4 is 5.32 Å². The van der Waals surface area contributed by atoms with Crippen LogP contribution in [0.1, 0.15) is 11.4 Å². The summed E-state index contributed by atoms with van der Waals surface area (Å²) in [5, 5.41) is 3.54. The molecule has 1 N–H and O–H groups in total. The van der Waals surface area contributed by atoms with Crippen LogP contribution in [-0.4, -0.2) is 27.9 Å². The van der Waals surface area contributed by atoms with Gasteiger partial charge in [0.25, 0.3) is 0 Å². The van der Waals surface area contributed by atoms with Crippen molar-refractivity contribution in [2.24, 2.45) is 0 Å². The summed E-state index contributed by atoms with van der Waals surface area (Å²) in [5.74, 6) is 0.0313. The minimum Gasteiger partial charge on any atom is -0.359 e. The molecule has 17 heavy (non-hydrogen) atoms. The summed E-state index contributed by atoms with van der Waals surface area (Å²) < 4.78 is 0. The van der Waals surface area contributed by atoms with Gasteiger partial charge in [-0.1, -0.05) is 0 Å². The van der Waals surface area contributed by atoms with Gasteiger partial charge >= 0.3 is 0 Å². The van der Waals surface area contributed by atoms with Gasteiger partial charge < -0.3 is 5.32 Å². The molecule has 6 heteroatoms. The van der Waals surface area contributed by atoms with Crippen LogP contribution in [0.15, 0.2) is 24.8 Å². The van der Waals surface area contributed by atoms with Crippen molar-refractivity contribution in [1.29, 1.82) is 0 Å². The van der Waals surface area contributed by atoms with Crippen LogP contribution in [0.3, 0.4) is 0 Å². The van der Waals surface area contributed by atoms with Crippen molar-refractivity contribution >= 4 is 17.2 Å². The lowest BCUT2D eigenvalue weighted by Crippen LogP contribution is -2.17. The third-order valence-corrected chi connectivity index (χ3v) is 3.31. The first-order valence-corrected chi connectivity index (χ1v) is 6.03. The van der Waals surface area contributed by atoms with E-state index < -0.39 is 0 Å². The minimum atomic E-state index is 0.0313. The van der Waals surface area contributed by atoms with Crippen LogP contribution in [0.5, 0.6) is 0 Å². The fraction of sp³-hybridized carbons (Fsp3) is 0.273. The Morgan fingerprint density at radius 1 is 1.47 bits per heavy atom. The summed E-state index contributed by atoms with van der Waals surface area (Å²) in [6, 6.07) is 1.84. The molecule has 0 saturated heterocycles. The van der Waals surface area contributed by atoms with Crippen LogP contribution in [0.25, 0.3) is 10.6 Å². The van der Waals surface area contributed by atoms with E-state index in [9.17, 15) is 4.79 Å². The predicted molar refractivity (Wildman–Crippen MR) is 65.5 cm³/mol. The third-order valence-electron chi connectivity index (χ3n) is 2.23. The maximum atomic E-state index is 11.1. The molecule has 2 aromatic rings. The second-order valence-corrected chi connectivity index (χ2v) is 4.50. The molecule has 2 aromatic heterocycles. The van der Waals surface area contributed by atoms with Gasteiger partial charge in [-0.25, -0.2) is 15.0 Å². The molecule has 1 amide bonds. The van der Waals surface area contributed by atoms with Gasteiger partial charge in [0.05, 0.1) is 15.6 Å². The molecule has 0 unspecified atom stereocenters. The quantitative estimate of drug-likeness (QED) is 0.885. The lowest BCUT2D eigenvalue weighted by molar-refractivity contribution is -0.120. The molecule has 0 radical (unpaired) electrons. The number of thiazole rings is 1. The van der Waals surface area contributed by atoms with E-state index in [-0.39, 0.29) is 5.91 Å². The SMILES string of the molecule is CNC(=O)CCc1ncc(-c2ccncn2)s1. The van der Waals surface area contributed by atoms with Gasteiger partial charge in [-0.3, -0.25) is 4.79 Å². The molecule has 0 fully saturated rings. The number of aromatic nitrogens is 3. The van der Waals surface area contributed by atoms with E-state index in [1.54, 1.807) is 30.8 Å². The first-order valence-electron chi connectivity index (χ1n) is 5.21. The molecule has 0 aliphatic carbocycles. The number of amides is 1. The number of carbonyl (C=O) groups excluding carboxylic acids is 1. The number of hydrogen-bond donors (Lipinski definition) is 1. The summed E-state index contributed by atoms with van der Waals surface area (Å²) >= 11 is 1.56. The van der Waals surface area contributed by atoms with Crippen LogP contribution in [0.4, 0.5) is 0 Å². The lowest BCUT2D eigenvalue weighted by Gasteiger charge is -1.96. The Hall–Kier alpha value is -1.82. The summed E-state index contributed by atoms with van der Waals surface area (Å²) in [6.07, 6.45) is 6.13. The average molecular weight is 248 g/mol. The predicted octanol–water partition coefficient (Wildman–Crippen LogP) is 1.28. The average Bonchev–Trinajstić information content (AvgIpc) is 2.86. The van der Waals surface area contributed by atoms with E-state index in [4.69, 9.17) is 0 Å². The Morgan fingerprint density at radius 3 is 3.06 bits per heavy atom. The van der Waals surface area contributed by atoms with Gasteiger partial charge in [0, 0.05) is 32.3 Å². The Bertz CT molecular complexity index is 497. The molecule has 2 rings (SSSR count). The van der Waals surface area contributed by atoms with Gasteiger partial charge in [-0.15, -0.1) is 11.3 Å². The van der Waals surface area contributed by atoms with Crippen LogP contribution >= 0.6 is 11.3 Å². The Labute approximate surface area is 103 Å². The molecular weight excluding hydrogens is 236 g/mol. The fourth-order valence-corrected chi connectivity index (χ4v) is 2.22. The zero-order chi connectivity index (χ0) is 12.1. The van der Waals surface area contributed by atoms with Crippen molar-refractivity contribution in [1.82, 2.24) is 20.3 Å². The van der Waals surface area contributed by atoms with Crippen molar-refractivity contribution in [2.45, 2.75) is 12.8 Å². The first kappa shape index (κ1) is 11.7. The second kappa shape index (κ2) is 5.49. The van der Waals surface area contributed by atoms with E-state index >= 15 is 0 Å². The number of nitrogens with one attached hydrogen (secondary N) is 1. The van der Waals surface area contributed by atoms with Gasteiger partial charge in [0.1, 0.15) is 6.33 Å². The monoisotopic (exact) mass is 248 g/mol. The highest BCUT2D eigenvalue weighted by atomic mass is 32.1. The lowest BCUT2D eigenvalue weighted by atomic mass is 10.3. The van der Waals surface area contributed by atoms with E-state index in [0.29, 0.717) is 12.8 Å². The van der Waals surface area contributed by atoms with Crippen molar-refractivity contribution in [3.8, 4) is 10.6 Å². The molecule has 88 valence electrons. The number of nitrogens with zero attached hydrogens (tertiary/aromatic N) is 3. The Morgan fingerprint density at radius 2 is 2.35 bits per heavy atom. The second-order valence-electron chi connectivity index (χ2n) is 3.39. The highest BCUT2D eigenvalue weighted by Crippen LogP contribution is 2.24. The Balaban J connectivity index is 2.04. The molecule has 0 aliphatic rings. The third kappa shape index (κ3) is 3.07. The fourth-order valence-electron chi connectivity index (χ4n) is 1.33. The molecule has 5 nitrogen and oxygen atoms in total. The maximum absolute atomic E-state index is 11.1.